The molecule has 0 radical (unpaired) electrons. The fourth-order valence-corrected chi connectivity index (χ4v) is 5.12. The topological polar surface area (TPSA) is 106 Å². The fraction of sp³-hybridized carbons (Fsp3) is 0.300. The Morgan fingerprint density at radius 1 is 1.31 bits per heavy atom. The van der Waals surface area contributed by atoms with Gasteiger partial charge in [0.25, 0.3) is 11.8 Å². The molecule has 1 N–H and O–H groups in total. The lowest BCUT2D eigenvalue weighted by Gasteiger charge is -2.39. The van der Waals surface area contributed by atoms with E-state index in [4.69, 9.17) is 11.6 Å². The average molecular weight is 598 g/mol. The van der Waals surface area contributed by atoms with Gasteiger partial charge in [0.2, 0.25) is 11.8 Å². The Balaban J connectivity index is 1.83. The van der Waals surface area contributed by atoms with Crippen molar-refractivity contribution >= 4 is 40.8 Å². The number of carbonyl (C=O) groups excluding carboxylic acids is 3. The normalized spacial score (nSPS) is 19.2. The molecule has 42 heavy (non-hydrogen) atoms. The molecule has 3 amide bonds. The second-order valence-corrected chi connectivity index (χ2v) is 10.3. The van der Waals surface area contributed by atoms with Crippen LogP contribution in [-0.2, 0) is 14.4 Å². The van der Waals surface area contributed by atoms with Crippen molar-refractivity contribution in [3.8, 4) is 6.07 Å². The first-order valence-corrected chi connectivity index (χ1v) is 13.5. The third-order valence-electron chi connectivity index (χ3n) is 6.97. The van der Waals surface area contributed by atoms with Crippen LogP contribution in [0, 0.1) is 17.1 Å². The molecule has 2 heterocycles. The van der Waals surface area contributed by atoms with Gasteiger partial charge in [-0.25, -0.2) is 18.2 Å². The first-order chi connectivity index (χ1) is 20.0. The summed E-state index contributed by atoms with van der Waals surface area (Å²) >= 11 is 6.48. The minimum absolute atomic E-state index is 0.00271. The van der Waals surface area contributed by atoms with E-state index in [1.54, 1.807) is 19.1 Å². The number of alkyl halides is 2. The minimum Gasteiger partial charge on any atom is -0.351 e. The zero-order valence-electron chi connectivity index (χ0n) is 22.6. The molecule has 2 atom stereocenters. The Labute approximate surface area is 245 Å². The Bertz CT molecular complexity index is 1510. The Morgan fingerprint density at radius 3 is 2.69 bits per heavy atom. The number of aromatic nitrogens is 1. The van der Waals surface area contributed by atoms with E-state index in [1.807, 2.05) is 6.07 Å². The van der Waals surface area contributed by atoms with Gasteiger partial charge in [0, 0.05) is 42.2 Å². The molecule has 1 saturated carbocycles. The molecule has 0 unspecified atom stereocenters. The summed E-state index contributed by atoms with van der Waals surface area (Å²) in [4.78, 5) is 47.4. The van der Waals surface area contributed by atoms with Crippen molar-refractivity contribution in [1.29, 1.82) is 5.26 Å². The number of nitriles is 1. The highest BCUT2D eigenvalue weighted by atomic mass is 35.5. The minimum atomic E-state index is -2.93. The molecule has 1 aromatic carbocycles. The van der Waals surface area contributed by atoms with E-state index >= 15 is 0 Å². The number of hydrogen-bond acceptors (Lipinski definition) is 5. The van der Waals surface area contributed by atoms with Crippen molar-refractivity contribution < 1.29 is 27.6 Å². The predicted octanol–water partition coefficient (Wildman–Crippen LogP) is 5.16. The average Bonchev–Trinajstić information content (AvgIpc) is 3.33. The molecule has 8 nitrogen and oxygen atoms in total. The highest BCUT2D eigenvalue weighted by Gasteiger charge is 2.49. The summed E-state index contributed by atoms with van der Waals surface area (Å²) in [5.74, 6) is -5.85. The van der Waals surface area contributed by atoms with Gasteiger partial charge in [0.15, 0.2) is 5.82 Å². The number of allylic oxidation sites excluding steroid dienone is 3. The van der Waals surface area contributed by atoms with Gasteiger partial charge in [0.1, 0.15) is 24.0 Å². The van der Waals surface area contributed by atoms with Crippen LogP contribution in [0.5, 0.6) is 0 Å². The molecule has 0 bridgehead atoms. The van der Waals surface area contributed by atoms with Crippen LogP contribution in [0.1, 0.15) is 38.2 Å². The van der Waals surface area contributed by atoms with Crippen molar-refractivity contribution in [3.05, 3.63) is 89.4 Å². The lowest BCUT2D eigenvalue weighted by Crippen LogP contribution is -2.59. The summed E-state index contributed by atoms with van der Waals surface area (Å²) in [5, 5.41) is 12.1. The third kappa shape index (κ3) is 6.39. The molecule has 1 aromatic heterocycles. The van der Waals surface area contributed by atoms with Crippen molar-refractivity contribution in [2.45, 2.75) is 56.7 Å². The molecule has 2 aliphatic rings. The van der Waals surface area contributed by atoms with Gasteiger partial charge in [-0.3, -0.25) is 24.2 Å². The summed E-state index contributed by atoms with van der Waals surface area (Å²) in [7, 11) is 0. The van der Waals surface area contributed by atoms with Crippen LogP contribution in [0.25, 0.3) is 0 Å². The van der Waals surface area contributed by atoms with Gasteiger partial charge in [-0.15, -0.1) is 0 Å². The molecular formula is C30H27ClF3N5O3. The highest BCUT2D eigenvalue weighted by molar-refractivity contribution is 6.32. The van der Waals surface area contributed by atoms with Gasteiger partial charge in [-0.2, -0.15) is 5.26 Å². The molecule has 2 fully saturated rings. The Hall–Kier alpha value is -4.43. The van der Waals surface area contributed by atoms with Gasteiger partial charge in [0.05, 0.1) is 5.56 Å². The van der Waals surface area contributed by atoms with Crippen LogP contribution < -0.4 is 15.1 Å². The molecule has 0 spiro atoms. The van der Waals surface area contributed by atoms with Gasteiger partial charge < -0.3 is 5.32 Å². The zero-order chi connectivity index (χ0) is 30.6. The molecule has 1 saturated heterocycles. The number of hydrogen-bond donors (Lipinski definition) is 1. The molecule has 1 aliphatic heterocycles. The smallest absolute Gasteiger partial charge is 0.252 e. The zero-order valence-corrected chi connectivity index (χ0v) is 23.3. The van der Waals surface area contributed by atoms with Gasteiger partial charge in [-0.05, 0) is 55.3 Å². The van der Waals surface area contributed by atoms with Crippen LogP contribution in [0.3, 0.4) is 0 Å². The van der Waals surface area contributed by atoms with E-state index in [-0.39, 0.29) is 40.5 Å². The molecule has 12 heteroatoms. The fourth-order valence-electron chi connectivity index (χ4n) is 4.94. The highest BCUT2D eigenvalue weighted by Crippen LogP contribution is 2.38. The summed E-state index contributed by atoms with van der Waals surface area (Å²) in [6.45, 7) is 5.67. The number of pyridine rings is 1. The molecule has 1 aliphatic carbocycles. The second-order valence-electron chi connectivity index (χ2n) is 9.93. The molecule has 4 rings (SSSR count). The number of amides is 3. The van der Waals surface area contributed by atoms with Crippen molar-refractivity contribution in [2.24, 2.45) is 0 Å². The first kappa shape index (κ1) is 30.5. The molecular weight excluding hydrogens is 571 g/mol. The molecule has 218 valence electrons. The van der Waals surface area contributed by atoms with Gasteiger partial charge >= 0.3 is 0 Å². The van der Waals surface area contributed by atoms with E-state index in [2.05, 4.69) is 16.9 Å². The SMILES string of the molecule is C=C(/C(Cl)=C\C=C/C)[C@@H](C(=O)NC1CC(F)(F)C1)N(C(=O)[C@@H]1CCC(=O)N1c1ncccc1C#N)c1cccc(F)c1. The van der Waals surface area contributed by atoms with Crippen LogP contribution in [-0.4, -0.2) is 46.8 Å². The maximum atomic E-state index is 14.5. The van der Waals surface area contributed by atoms with Crippen molar-refractivity contribution in [1.82, 2.24) is 10.3 Å². The maximum Gasteiger partial charge on any atom is 0.252 e. The number of nitrogens with one attached hydrogen (secondary N) is 1. The first-order valence-electron chi connectivity index (χ1n) is 13.1. The lowest BCUT2D eigenvalue weighted by atomic mass is 9.87. The van der Waals surface area contributed by atoms with Crippen LogP contribution in [0.15, 0.2) is 78.0 Å². The number of halogens is 4. The molecule has 2 aromatic rings. The standard InChI is InChI=1S/C30H27ClF3N5O3/c1-3-4-10-23(31)18(2)26(28(41)37-21-15-30(33,34)16-21)38(22-9-5-8-20(32)14-22)29(42)24-11-12-25(40)39(24)27-19(17-35)7-6-13-36-27/h3-10,13-14,21,24,26H,2,11-12,15-16H2,1H3,(H,37,41)/b4-3-,23-10+/t24-,26-/m0/s1. The van der Waals surface area contributed by atoms with Crippen LogP contribution in [0.4, 0.5) is 24.7 Å². The number of carbonyl (C=O) groups is 3. The van der Waals surface area contributed by atoms with Crippen LogP contribution >= 0.6 is 11.6 Å². The lowest BCUT2D eigenvalue weighted by molar-refractivity contribution is -0.132. The number of anilines is 2. The number of rotatable bonds is 9. The number of nitrogens with zero attached hydrogens (tertiary/aromatic N) is 4. The Morgan fingerprint density at radius 2 is 2.05 bits per heavy atom. The quantitative estimate of drug-likeness (QED) is 0.402. The number of benzene rings is 1. The monoisotopic (exact) mass is 597 g/mol. The van der Waals surface area contributed by atoms with Crippen molar-refractivity contribution in [3.63, 3.8) is 0 Å². The van der Waals surface area contributed by atoms with E-state index in [1.165, 1.54) is 36.5 Å². The second kappa shape index (κ2) is 12.6. The van der Waals surface area contributed by atoms with E-state index in [9.17, 15) is 32.8 Å². The maximum absolute atomic E-state index is 14.5. The van der Waals surface area contributed by atoms with Gasteiger partial charge in [-0.1, -0.05) is 36.4 Å². The summed E-state index contributed by atoms with van der Waals surface area (Å²) in [5.41, 5.74) is -0.0799. The summed E-state index contributed by atoms with van der Waals surface area (Å²) in [6.07, 6.45) is 4.81. The van der Waals surface area contributed by atoms with Crippen molar-refractivity contribution in [2.75, 3.05) is 9.80 Å². The van der Waals surface area contributed by atoms with E-state index in [0.717, 1.165) is 21.9 Å². The predicted molar refractivity (Wildman–Crippen MR) is 151 cm³/mol. The third-order valence-corrected chi connectivity index (χ3v) is 7.34. The summed E-state index contributed by atoms with van der Waals surface area (Å²) < 4.78 is 41.7. The van der Waals surface area contributed by atoms with E-state index in [0.29, 0.717) is 0 Å². The Kier molecular flexibility index (Phi) is 9.17. The van der Waals surface area contributed by atoms with Crippen LogP contribution in [0.2, 0.25) is 0 Å². The largest absolute Gasteiger partial charge is 0.351 e. The summed E-state index contributed by atoms with van der Waals surface area (Å²) in [6, 6.07) is 6.06. The van der Waals surface area contributed by atoms with E-state index < -0.39 is 60.4 Å².